The van der Waals surface area contributed by atoms with Crippen LogP contribution in [0.1, 0.15) is 48.0 Å². The fourth-order valence-electron chi connectivity index (χ4n) is 2.39. The van der Waals surface area contributed by atoms with Crippen molar-refractivity contribution in [3.05, 3.63) is 29.3 Å². The van der Waals surface area contributed by atoms with Gasteiger partial charge in [-0.3, -0.25) is 4.79 Å². The lowest BCUT2D eigenvalue weighted by molar-refractivity contribution is 0.112. The van der Waals surface area contributed by atoms with Gasteiger partial charge < -0.3 is 5.32 Å². The molecule has 2 heteroatoms. The molecule has 1 aliphatic rings. The summed E-state index contributed by atoms with van der Waals surface area (Å²) in [6, 6.07) is 6.46. The minimum absolute atomic E-state index is 0.620. The number of carbonyl (C=O) groups is 1. The number of aryl methyl sites for hydroxylation is 1. The molecule has 86 valence electrons. The Hall–Kier alpha value is -1.31. The summed E-state index contributed by atoms with van der Waals surface area (Å²) < 4.78 is 0. The van der Waals surface area contributed by atoms with Crippen LogP contribution in [0.4, 0.5) is 5.69 Å². The van der Waals surface area contributed by atoms with E-state index in [-0.39, 0.29) is 0 Å². The van der Waals surface area contributed by atoms with Crippen LogP contribution >= 0.6 is 0 Å². The molecule has 1 aliphatic carbocycles. The molecular weight excluding hydrogens is 198 g/mol. The van der Waals surface area contributed by atoms with Gasteiger partial charge in [-0.25, -0.2) is 0 Å². The summed E-state index contributed by atoms with van der Waals surface area (Å²) in [6.45, 7) is 2.05. The fourth-order valence-corrected chi connectivity index (χ4v) is 2.39. The van der Waals surface area contributed by atoms with Crippen LogP contribution in [0.2, 0.25) is 0 Å². The number of anilines is 1. The molecule has 1 aromatic carbocycles. The van der Waals surface area contributed by atoms with E-state index in [2.05, 4.69) is 12.2 Å². The van der Waals surface area contributed by atoms with Crippen molar-refractivity contribution < 1.29 is 4.79 Å². The summed E-state index contributed by atoms with van der Waals surface area (Å²) in [5, 5.41) is 3.58. The molecule has 0 spiro atoms. The molecule has 2 rings (SSSR count). The first-order valence-electron chi connectivity index (χ1n) is 6.12. The van der Waals surface area contributed by atoms with Gasteiger partial charge in [0.15, 0.2) is 0 Å². The third-order valence-electron chi connectivity index (χ3n) is 3.35. The summed E-state index contributed by atoms with van der Waals surface area (Å²) >= 11 is 0. The average molecular weight is 217 g/mol. The van der Waals surface area contributed by atoms with Crippen molar-refractivity contribution >= 4 is 12.0 Å². The van der Waals surface area contributed by atoms with Gasteiger partial charge in [-0.05, 0) is 43.5 Å². The second-order valence-corrected chi connectivity index (χ2v) is 4.67. The molecule has 1 saturated carbocycles. The van der Waals surface area contributed by atoms with E-state index in [1.165, 1.54) is 37.8 Å². The van der Waals surface area contributed by atoms with E-state index in [1.54, 1.807) is 0 Å². The lowest BCUT2D eigenvalue weighted by Gasteiger charge is -2.24. The monoisotopic (exact) mass is 217 g/mol. The summed E-state index contributed by atoms with van der Waals surface area (Å²) in [6.07, 6.45) is 7.49. The maximum absolute atomic E-state index is 10.6. The van der Waals surface area contributed by atoms with Crippen LogP contribution < -0.4 is 5.32 Å². The highest BCUT2D eigenvalue weighted by Gasteiger charge is 2.13. The standard InChI is InChI=1S/C14H19NO/c1-11-9-12(10-16)7-8-14(11)15-13-5-3-2-4-6-13/h7-10,13,15H,2-6H2,1H3. The normalized spacial score (nSPS) is 17.1. The van der Waals surface area contributed by atoms with Crippen molar-refractivity contribution in [3.8, 4) is 0 Å². The third kappa shape index (κ3) is 2.63. The van der Waals surface area contributed by atoms with Crippen LogP contribution in [0, 0.1) is 6.92 Å². The van der Waals surface area contributed by atoms with Gasteiger partial charge in [0.05, 0.1) is 0 Å². The lowest BCUT2D eigenvalue weighted by Crippen LogP contribution is -2.22. The molecule has 0 heterocycles. The molecule has 0 radical (unpaired) electrons. The fraction of sp³-hybridized carbons (Fsp3) is 0.500. The summed E-state index contributed by atoms with van der Waals surface area (Å²) in [5.74, 6) is 0. The SMILES string of the molecule is Cc1cc(C=O)ccc1NC1CCCCC1. The first-order valence-corrected chi connectivity index (χ1v) is 6.12. The molecule has 0 bridgehead atoms. The number of nitrogens with one attached hydrogen (secondary N) is 1. The third-order valence-corrected chi connectivity index (χ3v) is 3.35. The minimum atomic E-state index is 0.620. The number of carbonyl (C=O) groups excluding carboxylic acids is 1. The van der Waals surface area contributed by atoms with E-state index < -0.39 is 0 Å². The van der Waals surface area contributed by atoms with E-state index >= 15 is 0 Å². The molecule has 0 saturated heterocycles. The Kier molecular flexibility index (Phi) is 3.60. The number of benzene rings is 1. The Morgan fingerprint density at radius 2 is 2.00 bits per heavy atom. The Balaban J connectivity index is 2.05. The highest BCUT2D eigenvalue weighted by molar-refractivity contribution is 5.76. The number of aldehydes is 1. The van der Waals surface area contributed by atoms with E-state index in [9.17, 15) is 4.79 Å². The Morgan fingerprint density at radius 3 is 2.62 bits per heavy atom. The Labute approximate surface area is 97.1 Å². The second kappa shape index (κ2) is 5.15. The molecule has 0 unspecified atom stereocenters. The van der Waals surface area contributed by atoms with Gasteiger partial charge >= 0.3 is 0 Å². The highest BCUT2D eigenvalue weighted by atomic mass is 16.1. The maximum Gasteiger partial charge on any atom is 0.150 e. The summed E-state index contributed by atoms with van der Waals surface area (Å²) in [4.78, 5) is 10.6. The molecule has 0 aliphatic heterocycles. The topological polar surface area (TPSA) is 29.1 Å². The van der Waals surface area contributed by atoms with E-state index in [4.69, 9.17) is 0 Å². The first-order chi connectivity index (χ1) is 7.79. The molecule has 0 atom stereocenters. The van der Waals surface area contributed by atoms with E-state index in [1.807, 2.05) is 18.2 Å². The van der Waals surface area contributed by atoms with Crippen LogP contribution in [0.25, 0.3) is 0 Å². The van der Waals surface area contributed by atoms with Crippen molar-refractivity contribution in [2.45, 2.75) is 45.1 Å². The largest absolute Gasteiger partial charge is 0.382 e. The maximum atomic E-state index is 10.6. The molecule has 1 fully saturated rings. The molecule has 0 amide bonds. The van der Waals surface area contributed by atoms with Crippen molar-refractivity contribution in [2.24, 2.45) is 0 Å². The zero-order valence-corrected chi connectivity index (χ0v) is 9.83. The minimum Gasteiger partial charge on any atom is -0.382 e. The van der Waals surface area contributed by atoms with Crippen molar-refractivity contribution in [3.63, 3.8) is 0 Å². The first kappa shape index (κ1) is 11.2. The molecule has 1 N–H and O–H groups in total. The number of rotatable bonds is 3. The van der Waals surface area contributed by atoms with Crippen LogP contribution in [-0.4, -0.2) is 12.3 Å². The number of hydrogen-bond acceptors (Lipinski definition) is 2. The Bertz CT molecular complexity index is 367. The highest BCUT2D eigenvalue weighted by Crippen LogP contribution is 2.23. The predicted octanol–water partition coefficient (Wildman–Crippen LogP) is 3.55. The van der Waals surface area contributed by atoms with Crippen LogP contribution in [0.5, 0.6) is 0 Å². The van der Waals surface area contributed by atoms with Crippen LogP contribution in [0.3, 0.4) is 0 Å². The molecule has 16 heavy (non-hydrogen) atoms. The quantitative estimate of drug-likeness (QED) is 0.784. The summed E-state index contributed by atoms with van der Waals surface area (Å²) in [5.41, 5.74) is 3.10. The molecule has 0 aromatic heterocycles. The van der Waals surface area contributed by atoms with Gasteiger partial charge in [-0.15, -0.1) is 0 Å². The molecule has 1 aromatic rings. The van der Waals surface area contributed by atoms with Crippen LogP contribution in [0.15, 0.2) is 18.2 Å². The lowest BCUT2D eigenvalue weighted by atomic mass is 9.95. The zero-order valence-electron chi connectivity index (χ0n) is 9.83. The smallest absolute Gasteiger partial charge is 0.150 e. The molecule has 2 nitrogen and oxygen atoms in total. The van der Waals surface area contributed by atoms with Gasteiger partial charge in [0, 0.05) is 17.3 Å². The second-order valence-electron chi connectivity index (χ2n) is 4.67. The van der Waals surface area contributed by atoms with Crippen molar-refractivity contribution in [2.75, 3.05) is 5.32 Å². The van der Waals surface area contributed by atoms with Gasteiger partial charge in [-0.2, -0.15) is 0 Å². The van der Waals surface area contributed by atoms with E-state index in [0.29, 0.717) is 6.04 Å². The van der Waals surface area contributed by atoms with Crippen LogP contribution in [-0.2, 0) is 0 Å². The number of hydrogen-bond donors (Lipinski definition) is 1. The van der Waals surface area contributed by atoms with Crippen molar-refractivity contribution in [1.82, 2.24) is 0 Å². The zero-order chi connectivity index (χ0) is 11.4. The predicted molar refractivity (Wildman–Crippen MR) is 67.1 cm³/mol. The van der Waals surface area contributed by atoms with Gasteiger partial charge in [0.2, 0.25) is 0 Å². The molecular formula is C14H19NO. The van der Waals surface area contributed by atoms with Gasteiger partial charge in [0.25, 0.3) is 0 Å². The van der Waals surface area contributed by atoms with Gasteiger partial charge in [0.1, 0.15) is 6.29 Å². The van der Waals surface area contributed by atoms with Crippen molar-refractivity contribution in [1.29, 1.82) is 0 Å². The van der Waals surface area contributed by atoms with Gasteiger partial charge in [-0.1, -0.05) is 19.3 Å². The Morgan fingerprint density at radius 1 is 1.25 bits per heavy atom. The average Bonchev–Trinajstić information content (AvgIpc) is 2.33. The summed E-state index contributed by atoms with van der Waals surface area (Å²) in [7, 11) is 0. The van der Waals surface area contributed by atoms with E-state index in [0.717, 1.165) is 17.4 Å².